The van der Waals surface area contributed by atoms with Gasteiger partial charge in [-0.2, -0.15) is 0 Å². The Bertz CT molecular complexity index is 404. The van der Waals surface area contributed by atoms with E-state index in [0.29, 0.717) is 0 Å². The molecular formula is C19H34O3Si. The Morgan fingerprint density at radius 1 is 0.783 bits per heavy atom. The first-order valence-corrected chi connectivity index (χ1v) is 11.9. The second-order valence-electron chi connectivity index (χ2n) is 6.50. The van der Waals surface area contributed by atoms with E-state index in [1.54, 1.807) is 7.11 Å². The molecule has 1 aromatic rings. The quantitative estimate of drug-likeness (QED) is 0.329. The van der Waals surface area contributed by atoms with Gasteiger partial charge < -0.3 is 13.6 Å². The molecule has 4 heteroatoms. The van der Waals surface area contributed by atoms with Gasteiger partial charge in [-0.3, -0.25) is 0 Å². The topological polar surface area (TPSA) is 27.7 Å². The van der Waals surface area contributed by atoms with Crippen molar-refractivity contribution < 1.29 is 13.6 Å². The van der Waals surface area contributed by atoms with Crippen molar-refractivity contribution in [3.63, 3.8) is 0 Å². The highest BCUT2D eigenvalue weighted by Gasteiger charge is 2.26. The Morgan fingerprint density at radius 3 is 1.87 bits per heavy atom. The van der Waals surface area contributed by atoms with Crippen LogP contribution in [0, 0.1) is 0 Å². The van der Waals surface area contributed by atoms with Crippen molar-refractivity contribution in [1.82, 2.24) is 0 Å². The van der Waals surface area contributed by atoms with Crippen molar-refractivity contribution in [1.29, 1.82) is 0 Å². The number of hydrogen-bond donors (Lipinski definition) is 0. The van der Waals surface area contributed by atoms with Gasteiger partial charge in [0.1, 0.15) is 11.5 Å². The van der Waals surface area contributed by atoms with Gasteiger partial charge in [0.15, 0.2) is 0 Å². The summed E-state index contributed by atoms with van der Waals surface area (Å²) >= 11 is 0. The summed E-state index contributed by atoms with van der Waals surface area (Å²) in [7, 11) is -0.431. The van der Waals surface area contributed by atoms with E-state index >= 15 is 0 Å². The summed E-state index contributed by atoms with van der Waals surface area (Å²) in [6.45, 7) is 7.27. The lowest BCUT2D eigenvalue weighted by Crippen LogP contribution is -2.38. The molecule has 132 valence electrons. The zero-order chi connectivity index (χ0) is 17.0. The minimum atomic E-state index is -2.10. The highest BCUT2D eigenvalue weighted by atomic mass is 28.4. The number of benzene rings is 1. The highest BCUT2D eigenvalue weighted by Crippen LogP contribution is 2.21. The van der Waals surface area contributed by atoms with Gasteiger partial charge >= 0.3 is 8.56 Å². The maximum Gasteiger partial charge on any atom is 0.392 e. The lowest BCUT2D eigenvalue weighted by atomic mass is 10.1. The van der Waals surface area contributed by atoms with E-state index in [1.165, 1.54) is 44.9 Å². The maximum absolute atomic E-state index is 6.03. The van der Waals surface area contributed by atoms with Crippen molar-refractivity contribution in [3.05, 3.63) is 24.3 Å². The minimum absolute atomic E-state index is 0.810. The first kappa shape index (κ1) is 20.0. The Balaban J connectivity index is 2.12. The molecule has 0 aliphatic carbocycles. The normalized spacial score (nSPS) is 11.5. The maximum atomic E-state index is 6.03. The molecule has 0 radical (unpaired) electrons. The number of hydrogen-bond acceptors (Lipinski definition) is 3. The molecule has 0 aromatic heterocycles. The smallest absolute Gasteiger partial charge is 0.392 e. The fourth-order valence-electron chi connectivity index (χ4n) is 2.51. The molecule has 0 unspecified atom stereocenters. The van der Waals surface area contributed by atoms with Crippen molar-refractivity contribution in [2.75, 3.05) is 13.7 Å². The SMILES string of the molecule is CCCCCCCCCCO[Si](C)(C)Oc1ccc(OC)cc1. The predicted molar refractivity (Wildman–Crippen MR) is 99.7 cm³/mol. The summed E-state index contributed by atoms with van der Waals surface area (Å²) in [4.78, 5) is 0. The average molecular weight is 339 g/mol. The lowest BCUT2D eigenvalue weighted by Gasteiger charge is -2.24. The van der Waals surface area contributed by atoms with Crippen LogP contribution >= 0.6 is 0 Å². The van der Waals surface area contributed by atoms with Gasteiger partial charge in [0.2, 0.25) is 0 Å². The van der Waals surface area contributed by atoms with E-state index in [1.807, 2.05) is 24.3 Å². The van der Waals surface area contributed by atoms with E-state index < -0.39 is 8.56 Å². The van der Waals surface area contributed by atoms with E-state index in [9.17, 15) is 0 Å². The van der Waals surface area contributed by atoms with Gasteiger partial charge in [-0.15, -0.1) is 0 Å². The second-order valence-corrected chi connectivity index (χ2v) is 9.79. The molecule has 0 saturated carbocycles. The Kier molecular flexibility index (Phi) is 10.0. The van der Waals surface area contributed by atoms with Gasteiger partial charge in [-0.25, -0.2) is 0 Å². The van der Waals surface area contributed by atoms with E-state index in [2.05, 4.69) is 20.0 Å². The molecule has 1 rings (SSSR count). The average Bonchev–Trinajstić information content (AvgIpc) is 2.53. The Hall–Kier alpha value is -1.00. The van der Waals surface area contributed by atoms with Crippen LogP contribution in [0.4, 0.5) is 0 Å². The van der Waals surface area contributed by atoms with Gasteiger partial charge in [0.05, 0.1) is 7.11 Å². The molecule has 0 aliphatic rings. The van der Waals surface area contributed by atoms with Crippen LogP contribution in [-0.4, -0.2) is 22.3 Å². The molecule has 0 atom stereocenters. The van der Waals surface area contributed by atoms with Crippen LogP contribution in [0.1, 0.15) is 58.3 Å². The number of unbranched alkanes of at least 4 members (excludes halogenated alkanes) is 7. The summed E-state index contributed by atoms with van der Waals surface area (Å²) in [6.07, 6.45) is 10.6. The van der Waals surface area contributed by atoms with Crippen molar-refractivity contribution >= 4 is 8.56 Å². The van der Waals surface area contributed by atoms with Gasteiger partial charge in [-0.05, 0) is 43.8 Å². The fraction of sp³-hybridized carbons (Fsp3) is 0.684. The van der Waals surface area contributed by atoms with Crippen LogP contribution in [0.2, 0.25) is 13.1 Å². The monoisotopic (exact) mass is 338 g/mol. The standard InChI is InChI=1S/C19H34O3Si/c1-5-6-7-8-9-10-11-12-17-21-23(3,4)22-19-15-13-18(20-2)14-16-19/h13-16H,5-12,17H2,1-4H3. The second kappa shape index (κ2) is 11.5. The largest absolute Gasteiger partial charge is 0.520 e. The third-order valence-corrected chi connectivity index (χ3v) is 5.50. The van der Waals surface area contributed by atoms with Crippen LogP contribution < -0.4 is 9.16 Å². The molecule has 0 amide bonds. The fourth-order valence-corrected chi connectivity index (χ4v) is 3.91. The third kappa shape index (κ3) is 9.67. The molecule has 0 saturated heterocycles. The van der Waals surface area contributed by atoms with Gasteiger partial charge in [-0.1, -0.05) is 51.9 Å². The highest BCUT2D eigenvalue weighted by molar-refractivity contribution is 6.65. The first-order chi connectivity index (χ1) is 11.1. The van der Waals surface area contributed by atoms with Crippen LogP contribution in [0.25, 0.3) is 0 Å². The lowest BCUT2D eigenvalue weighted by molar-refractivity contribution is 0.240. The number of rotatable bonds is 13. The van der Waals surface area contributed by atoms with Crippen LogP contribution in [0.5, 0.6) is 11.5 Å². The van der Waals surface area contributed by atoms with E-state index in [4.69, 9.17) is 13.6 Å². The third-order valence-electron chi connectivity index (χ3n) is 3.87. The first-order valence-electron chi connectivity index (χ1n) is 9.04. The molecule has 0 spiro atoms. The molecule has 0 heterocycles. The van der Waals surface area contributed by atoms with Crippen molar-refractivity contribution in [2.45, 2.75) is 71.4 Å². The molecular weight excluding hydrogens is 304 g/mol. The van der Waals surface area contributed by atoms with E-state index in [-0.39, 0.29) is 0 Å². The number of methoxy groups -OCH3 is 1. The zero-order valence-corrected chi connectivity index (χ0v) is 16.4. The van der Waals surface area contributed by atoms with Crippen molar-refractivity contribution in [3.8, 4) is 11.5 Å². The summed E-state index contributed by atoms with van der Waals surface area (Å²) in [5, 5.41) is 0. The Morgan fingerprint density at radius 2 is 1.30 bits per heavy atom. The molecule has 0 aliphatic heterocycles. The summed E-state index contributed by atoms with van der Waals surface area (Å²) in [5.41, 5.74) is 0. The predicted octanol–water partition coefficient (Wildman–Crippen LogP) is 5.93. The summed E-state index contributed by atoms with van der Waals surface area (Å²) < 4.78 is 17.2. The minimum Gasteiger partial charge on any atom is -0.520 e. The van der Waals surface area contributed by atoms with E-state index in [0.717, 1.165) is 24.5 Å². The number of ether oxygens (including phenoxy) is 1. The molecule has 0 bridgehead atoms. The van der Waals surface area contributed by atoms with Crippen LogP contribution in [0.3, 0.4) is 0 Å². The Labute approximate surface area is 143 Å². The van der Waals surface area contributed by atoms with Crippen LogP contribution in [-0.2, 0) is 4.43 Å². The van der Waals surface area contributed by atoms with Crippen LogP contribution in [0.15, 0.2) is 24.3 Å². The molecule has 0 N–H and O–H groups in total. The van der Waals surface area contributed by atoms with Gasteiger partial charge in [0, 0.05) is 6.61 Å². The summed E-state index contributed by atoms with van der Waals surface area (Å²) in [5.74, 6) is 1.70. The summed E-state index contributed by atoms with van der Waals surface area (Å²) in [6, 6.07) is 7.71. The van der Waals surface area contributed by atoms with Crippen molar-refractivity contribution in [2.24, 2.45) is 0 Å². The van der Waals surface area contributed by atoms with Gasteiger partial charge in [0.25, 0.3) is 0 Å². The zero-order valence-electron chi connectivity index (χ0n) is 15.4. The molecule has 3 nitrogen and oxygen atoms in total. The molecule has 1 aromatic carbocycles. The molecule has 0 fully saturated rings. The molecule has 23 heavy (non-hydrogen) atoms.